The Morgan fingerprint density at radius 1 is 1.27 bits per heavy atom. The maximum absolute atomic E-state index is 12.1. The number of nitrogens with zero attached hydrogens (tertiary/aromatic N) is 1. The predicted molar refractivity (Wildman–Crippen MR) is 101 cm³/mol. The second-order valence-electron chi connectivity index (χ2n) is 4.30. The fraction of sp³-hybridized carbons (Fsp3) is 0.400. The van der Waals surface area contributed by atoms with E-state index in [1.807, 2.05) is 6.92 Å². The summed E-state index contributed by atoms with van der Waals surface area (Å²) in [5.74, 6) is 3.15. The van der Waals surface area contributed by atoms with Gasteiger partial charge >= 0.3 is 0 Å². The standard InChI is InChI=1S/C15H21N3O2S.HI/c1-3-11-17-15(16-4-2)18-12-8-13-21(19,20)14-9-6-5-7-10-14;/h1,5-7,9-10H,4,8,11-13H2,2H3,(H2,16,17,18);1H. The molecular formula is C15H22IN3O2S. The molecule has 1 rings (SSSR count). The monoisotopic (exact) mass is 435 g/mol. The van der Waals surface area contributed by atoms with E-state index in [0.29, 0.717) is 30.4 Å². The van der Waals surface area contributed by atoms with Crippen LogP contribution in [0.15, 0.2) is 40.2 Å². The molecule has 0 saturated heterocycles. The van der Waals surface area contributed by atoms with Gasteiger partial charge in [0.15, 0.2) is 15.8 Å². The normalized spacial score (nSPS) is 11.2. The van der Waals surface area contributed by atoms with Crippen molar-refractivity contribution in [1.82, 2.24) is 10.6 Å². The second kappa shape index (κ2) is 11.3. The number of sulfone groups is 1. The molecular weight excluding hydrogens is 413 g/mol. The summed E-state index contributed by atoms with van der Waals surface area (Å²) in [5.41, 5.74) is 0. The second-order valence-corrected chi connectivity index (χ2v) is 6.41. The van der Waals surface area contributed by atoms with E-state index in [1.54, 1.807) is 30.3 Å². The highest BCUT2D eigenvalue weighted by Gasteiger charge is 2.12. The van der Waals surface area contributed by atoms with Crippen molar-refractivity contribution in [2.24, 2.45) is 4.99 Å². The summed E-state index contributed by atoms with van der Waals surface area (Å²) >= 11 is 0. The van der Waals surface area contributed by atoms with Gasteiger partial charge in [-0.15, -0.1) is 30.4 Å². The van der Waals surface area contributed by atoms with Crippen LogP contribution in [-0.2, 0) is 9.84 Å². The molecule has 0 heterocycles. The van der Waals surface area contributed by atoms with Crippen LogP contribution in [0.1, 0.15) is 13.3 Å². The number of rotatable bonds is 7. The Balaban J connectivity index is 0.00000441. The van der Waals surface area contributed by atoms with Gasteiger partial charge in [0.2, 0.25) is 0 Å². The number of terminal acetylenes is 1. The third kappa shape index (κ3) is 7.66. The van der Waals surface area contributed by atoms with E-state index in [0.717, 1.165) is 6.54 Å². The van der Waals surface area contributed by atoms with Crippen LogP contribution in [0.3, 0.4) is 0 Å². The molecule has 0 aliphatic heterocycles. The average Bonchev–Trinajstić information content (AvgIpc) is 2.50. The zero-order valence-corrected chi connectivity index (χ0v) is 15.7. The van der Waals surface area contributed by atoms with Crippen molar-refractivity contribution in [1.29, 1.82) is 0 Å². The minimum absolute atomic E-state index is 0. The molecule has 0 aliphatic rings. The van der Waals surface area contributed by atoms with Gasteiger partial charge < -0.3 is 10.6 Å². The van der Waals surface area contributed by atoms with Crippen LogP contribution in [-0.4, -0.2) is 39.8 Å². The maximum Gasteiger partial charge on any atom is 0.192 e. The third-order valence-corrected chi connectivity index (χ3v) is 4.46. The van der Waals surface area contributed by atoms with Crippen molar-refractivity contribution in [2.45, 2.75) is 18.2 Å². The van der Waals surface area contributed by atoms with Crippen LogP contribution < -0.4 is 10.6 Å². The van der Waals surface area contributed by atoms with Gasteiger partial charge in [0.1, 0.15) is 0 Å². The van der Waals surface area contributed by atoms with Crippen LogP contribution in [0, 0.1) is 12.3 Å². The van der Waals surface area contributed by atoms with Crippen LogP contribution in [0.4, 0.5) is 0 Å². The highest BCUT2D eigenvalue weighted by atomic mass is 127. The lowest BCUT2D eigenvalue weighted by Crippen LogP contribution is -2.37. The Labute approximate surface area is 149 Å². The van der Waals surface area contributed by atoms with E-state index in [9.17, 15) is 8.42 Å². The number of hydrogen-bond donors (Lipinski definition) is 2. The fourth-order valence-electron chi connectivity index (χ4n) is 1.67. The smallest absolute Gasteiger partial charge is 0.192 e. The van der Waals surface area contributed by atoms with Crippen LogP contribution >= 0.6 is 24.0 Å². The molecule has 0 amide bonds. The van der Waals surface area contributed by atoms with E-state index in [4.69, 9.17) is 6.42 Å². The van der Waals surface area contributed by atoms with Crippen LogP contribution in [0.2, 0.25) is 0 Å². The first-order valence-corrected chi connectivity index (χ1v) is 8.49. The third-order valence-electron chi connectivity index (χ3n) is 2.65. The van der Waals surface area contributed by atoms with Crippen molar-refractivity contribution in [2.75, 3.05) is 25.4 Å². The summed E-state index contributed by atoms with van der Waals surface area (Å²) < 4.78 is 24.1. The van der Waals surface area contributed by atoms with E-state index in [1.165, 1.54) is 0 Å². The largest absolute Gasteiger partial charge is 0.357 e. The Morgan fingerprint density at radius 2 is 1.95 bits per heavy atom. The molecule has 7 heteroatoms. The summed E-state index contributed by atoms with van der Waals surface area (Å²) in [6.07, 6.45) is 5.64. The molecule has 0 aromatic heterocycles. The van der Waals surface area contributed by atoms with Gasteiger partial charge in [0, 0.05) is 13.1 Å². The molecule has 22 heavy (non-hydrogen) atoms. The molecule has 0 bridgehead atoms. The molecule has 1 aromatic carbocycles. The van der Waals surface area contributed by atoms with Gasteiger partial charge in [-0.2, -0.15) is 0 Å². The lowest BCUT2D eigenvalue weighted by molar-refractivity contribution is 0.593. The van der Waals surface area contributed by atoms with Crippen molar-refractivity contribution in [3.05, 3.63) is 30.3 Å². The van der Waals surface area contributed by atoms with Gasteiger partial charge in [0.05, 0.1) is 17.2 Å². The summed E-state index contributed by atoms with van der Waals surface area (Å²) in [6.45, 7) is 3.48. The first-order valence-electron chi connectivity index (χ1n) is 6.83. The van der Waals surface area contributed by atoms with Crippen molar-refractivity contribution >= 4 is 39.8 Å². The Kier molecular flexibility index (Phi) is 10.7. The molecule has 0 unspecified atom stereocenters. The average molecular weight is 435 g/mol. The zero-order chi connectivity index (χ0) is 15.6. The van der Waals surface area contributed by atoms with E-state index in [-0.39, 0.29) is 29.7 Å². The first-order chi connectivity index (χ1) is 10.1. The van der Waals surface area contributed by atoms with E-state index >= 15 is 0 Å². The molecule has 0 fully saturated rings. The number of benzene rings is 1. The van der Waals surface area contributed by atoms with E-state index < -0.39 is 9.84 Å². The van der Waals surface area contributed by atoms with Gasteiger partial charge in [-0.1, -0.05) is 24.1 Å². The van der Waals surface area contributed by atoms with Gasteiger partial charge in [-0.3, -0.25) is 4.99 Å². The Morgan fingerprint density at radius 3 is 2.55 bits per heavy atom. The highest BCUT2D eigenvalue weighted by molar-refractivity contribution is 14.0. The lowest BCUT2D eigenvalue weighted by Gasteiger charge is -2.08. The number of hydrogen-bond acceptors (Lipinski definition) is 3. The minimum Gasteiger partial charge on any atom is -0.357 e. The molecule has 0 aliphatic carbocycles. The summed E-state index contributed by atoms with van der Waals surface area (Å²) in [5, 5.41) is 5.99. The topological polar surface area (TPSA) is 70.6 Å². The molecule has 0 atom stereocenters. The van der Waals surface area contributed by atoms with Gasteiger partial charge in [-0.05, 0) is 25.5 Å². The van der Waals surface area contributed by atoms with Crippen molar-refractivity contribution < 1.29 is 8.42 Å². The van der Waals surface area contributed by atoms with Crippen LogP contribution in [0.25, 0.3) is 0 Å². The fourth-order valence-corrected chi connectivity index (χ4v) is 2.98. The zero-order valence-electron chi connectivity index (χ0n) is 12.6. The number of nitrogens with one attached hydrogen (secondary N) is 2. The number of aliphatic imine (C=N–C) groups is 1. The number of guanidine groups is 1. The maximum atomic E-state index is 12.1. The van der Waals surface area contributed by atoms with Crippen molar-refractivity contribution in [3.8, 4) is 12.3 Å². The quantitative estimate of drug-likeness (QED) is 0.225. The number of halogens is 1. The summed E-state index contributed by atoms with van der Waals surface area (Å²) in [7, 11) is -3.23. The Bertz CT molecular complexity index is 595. The first kappa shape index (κ1) is 20.7. The predicted octanol–water partition coefficient (Wildman–Crippen LogP) is 1.66. The van der Waals surface area contributed by atoms with Gasteiger partial charge in [0.25, 0.3) is 0 Å². The molecule has 2 N–H and O–H groups in total. The molecule has 1 aromatic rings. The summed E-state index contributed by atoms with van der Waals surface area (Å²) in [4.78, 5) is 4.64. The minimum atomic E-state index is -3.23. The van der Waals surface area contributed by atoms with Gasteiger partial charge in [-0.25, -0.2) is 8.42 Å². The molecule has 5 nitrogen and oxygen atoms in total. The van der Waals surface area contributed by atoms with Crippen molar-refractivity contribution in [3.63, 3.8) is 0 Å². The molecule has 122 valence electrons. The SMILES string of the molecule is C#CCNC(=NCCCS(=O)(=O)c1ccccc1)NCC.I. The molecule has 0 saturated carbocycles. The Hall–Kier alpha value is -1.27. The van der Waals surface area contributed by atoms with E-state index in [2.05, 4.69) is 21.5 Å². The molecule has 0 radical (unpaired) electrons. The highest BCUT2D eigenvalue weighted by Crippen LogP contribution is 2.10. The van der Waals surface area contributed by atoms with Crippen LogP contribution in [0.5, 0.6) is 0 Å². The lowest BCUT2D eigenvalue weighted by atomic mass is 10.4. The molecule has 0 spiro atoms. The summed E-state index contributed by atoms with van der Waals surface area (Å²) in [6, 6.07) is 8.45.